The number of rotatable bonds is 7. The van der Waals surface area contributed by atoms with Gasteiger partial charge in [0.2, 0.25) is 5.91 Å². The summed E-state index contributed by atoms with van der Waals surface area (Å²) in [6, 6.07) is 14.7. The quantitative estimate of drug-likeness (QED) is 0.807. The maximum absolute atomic E-state index is 13.8. The molecule has 0 unspecified atom stereocenters. The zero-order valence-corrected chi connectivity index (χ0v) is 15.8. The molecule has 1 N–H and O–H groups in total. The van der Waals surface area contributed by atoms with Gasteiger partial charge in [-0.1, -0.05) is 30.3 Å². The number of nitrogens with one attached hydrogen (secondary N) is 1. The fraction of sp³-hybridized carbons (Fsp3) is 0.409. The van der Waals surface area contributed by atoms with E-state index >= 15 is 0 Å². The Labute approximate surface area is 160 Å². The Morgan fingerprint density at radius 3 is 2.70 bits per heavy atom. The van der Waals surface area contributed by atoms with Gasteiger partial charge in [0.05, 0.1) is 6.61 Å². The van der Waals surface area contributed by atoms with Crippen molar-refractivity contribution in [2.75, 3.05) is 19.7 Å². The molecule has 1 aliphatic rings. The first-order valence-corrected chi connectivity index (χ1v) is 9.61. The van der Waals surface area contributed by atoms with Gasteiger partial charge in [0.25, 0.3) is 0 Å². The van der Waals surface area contributed by atoms with Crippen LogP contribution in [0.15, 0.2) is 48.5 Å². The molecule has 4 nitrogen and oxygen atoms in total. The molecule has 0 atom stereocenters. The van der Waals surface area contributed by atoms with Crippen molar-refractivity contribution in [1.82, 2.24) is 10.2 Å². The van der Waals surface area contributed by atoms with E-state index in [1.54, 1.807) is 6.07 Å². The highest BCUT2D eigenvalue weighted by atomic mass is 19.1. The largest absolute Gasteiger partial charge is 0.494 e. The Morgan fingerprint density at radius 1 is 1.19 bits per heavy atom. The van der Waals surface area contributed by atoms with Crippen LogP contribution in [0.5, 0.6) is 5.75 Å². The third-order valence-electron chi connectivity index (χ3n) is 4.99. The number of hydrogen-bond donors (Lipinski definition) is 1. The Hall–Kier alpha value is -2.40. The van der Waals surface area contributed by atoms with Gasteiger partial charge in [-0.15, -0.1) is 0 Å². The fourth-order valence-corrected chi connectivity index (χ4v) is 3.47. The molecule has 27 heavy (non-hydrogen) atoms. The van der Waals surface area contributed by atoms with Crippen LogP contribution in [-0.4, -0.2) is 30.5 Å². The second-order valence-electron chi connectivity index (χ2n) is 6.94. The number of nitrogens with zero attached hydrogens (tertiary/aromatic N) is 1. The third kappa shape index (κ3) is 5.54. The van der Waals surface area contributed by atoms with E-state index in [9.17, 15) is 9.18 Å². The van der Waals surface area contributed by atoms with Crippen molar-refractivity contribution in [3.8, 4) is 5.75 Å². The molecular formula is C22H27FN2O2. The molecule has 3 rings (SSSR count). The monoisotopic (exact) mass is 370 g/mol. The molecule has 1 amide bonds. The molecule has 0 saturated carbocycles. The summed E-state index contributed by atoms with van der Waals surface area (Å²) in [6.45, 7) is 5.31. The third-order valence-corrected chi connectivity index (χ3v) is 4.99. The molecule has 0 aliphatic carbocycles. The lowest BCUT2D eigenvalue weighted by atomic mass is 9.95. The number of ether oxygens (including phenoxy) is 1. The average molecular weight is 370 g/mol. The minimum Gasteiger partial charge on any atom is -0.494 e. The second-order valence-corrected chi connectivity index (χ2v) is 6.94. The number of carbonyl (C=O) groups excluding carboxylic acids is 1. The predicted octanol–water partition coefficient (Wildman–Crippen LogP) is 3.75. The first-order valence-electron chi connectivity index (χ1n) is 9.61. The van der Waals surface area contributed by atoms with Crippen LogP contribution in [0.1, 0.15) is 30.9 Å². The molecule has 144 valence electrons. The Bertz CT molecular complexity index is 757. The molecule has 0 spiro atoms. The highest BCUT2D eigenvalue weighted by Crippen LogP contribution is 2.20. The maximum atomic E-state index is 13.8. The van der Waals surface area contributed by atoms with Crippen molar-refractivity contribution in [3.63, 3.8) is 0 Å². The number of likely N-dealkylation sites (tertiary alicyclic amines) is 1. The smallest absolute Gasteiger partial charge is 0.223 e. The SMILES string of the molecule is CCOc1cccc(CNC(=O)C2CCN(Cc3ccccc3F)CC2)c1. The van der Waals surface area contributed by atoms with Gasteiger partial charge in [-0.25, -0.2) is 4.39 Å². The lowest BCUT2D eigenvalue weighted by Crippen LogP contribution is -2.40. The second kappa shape index (κ2) is 9.51. The normalized spacial score (nSPS) is 15.5. The van der Waals surface area contributed by atoms with E-state index in [1.165, 1.54) is 6.07 Å². The Kier molecular flexibility index (Phi) is 6.82. The average Bonchev–Trinajstić information content (AvgIpc) is 2.69. The molecule has 1 saturated heterocycles. The summed E-state index contributed by atoms with van der Waals surface area (Å²) >= 11 is 0. The van der Waals surface area contributed by atoms with E-state index in [0.29, 0.717) is 19.7 Å². The molecule has 2 aromatic rings. The predicted molar refractivity (Wildman–Crippen MR) is 104 cm³/mol. The summed E-state index contributed by atoms with van der Waals surface area (Å²) in [4.78, 5) is 14.7. The summed E-state index contributed by atoms with van der Waals surface area (Å²) in [6.07, 6.45) is 1.61. The van der Waals surface area contributed by atoms with Gasteiger partial charge in [0, 0.05) is 24.6 Å². The molecule has 5 heteroatoms. The maximum Gasteiger partial charge on any atom is 0.223 e. The highest BCUT2D eigenvalue weighted by molar-refractivity contribution is 5.78. The van der Waals surface area contributed by atoms with Crippen LogP contribution < -0.4 is 10.1 Å². The van der Waals surface area contributed by atoms with Gasteiger partial charge >= 0.3 is 0 Å². The first-order chi connectivity index (χ1) is 13.2. The Balaban J connectivity index is 1.44. The number of hydrogen-bond acceptors (Lipinski definition) is 3. The number of amides is 1. The number of carbonyl (C=O) groups is 1. The van der Waals surface area contributed by atoms with Gasteiger partial charge < -0.3 is 10.1 Å². The van der Waals surface area contributed by atoms with Gasteiger partial charge in [-0.2, -0.15) is 0 Å². The van der Waals surface area contributed by atoms with Crippen molar-refractivity contribution in [2.24, 2.45) is 5.92 Å². The molecule has 1 aliphatic heterocycles. The van der Waals surface area contributed by atoms with Gasteiger partial charge in [0.15, 0.2) is 0 Å². The van der Waals surface area contributed by atoms with Crippen molar-refractivity contribution >= 4 is 5.91 Å². The van der Waals surface area contributed by atoms with Gasteiger partial charge in [-0.05, 0) is 56.6 Å². The van der Waals surface area contributed by atoms with Gasteiger partial charge in [0.1, 0.15) is 11.6 Å². The molecule has 1 fully saturated rings. The van der Waals surface area contributed by atoms with Gasteiger partial charge in [-0.3, -0.25) is 9.69 Å². The van der Waals surface area contributed by atoms with Crippen LogP contribution in [0.4, 0.5) is 4.39 Å². The van der Waals surface area contributed by atoms with Crippen LogP contribution in [0.2, 0.25) is 0 Å². The molecule has 0 aromatic heterocycles. The number of benzene rings is 2. The summed E-state index contributed by atoms with van der Waals surface area (Å²) in [5.74, 6) is 0.789. The van der Waals surface area contributed by atoms with Crippen LogP contribution >= 0.6 is 0 Å². The van der Waals surface area contributed by atoms with Crippen LogP contribution in [0, 0.1) is 11.7 Å². The molecule has 1 heterocycles. The minimum atomic E-state index is -0.161. The Morgan fingerprint density at radius 2 is 1.96 bits per heavy atom. The van der Waals surface area contributed by atoms with Crippen molar-refractivity contribution < 1.29 is 13.9 Å². The zero-order valence-electron chi connectivity index (χ0n) is 15.8. The van der Waals surface area contributed by atoms with Crippen LogP contribution in [0.3, 0.4) is 0 Å². The summed E-state index contributed by atoms with van der Waals surface area (Å²) < 4.78 is 19.3. The number of piperidine rings is 1. The summed E-state index contributed by atoms with van der Waals surface area (Å²) in [5, 5.41) is 3.04. The van der Waals surface area contributed by atoms with E-state index in [1.807, 2.05) is 43.3 Å². The topological polar surface area (TPSA) is 41.6 Å². The van der Waals surface area contributed by atoms with Crippen LogP contribution in [-0.2, 0) is 17.9 Å². The van der Waals surface area contributed by atoms with E-state index in [0.717, 1.165) is 42.8 Å². The van der Waals surface area contributed by atoms with Crippen LogP contribution in [0.25, 0.3) is 0 Å². The summed E-state index contributed by atoms with van der Waals surface area (Å²) in [5.41, 5.74) is 1.75. The van der Waals surface area contributed by atoms with E-state index < -0.39 is 0 Å². The highest BCUT2D eigenvalue weighted by Gasteiger charge is 2.25. The van der Waals surface area contributed by atoms with Crippen molar-refractivity contribution in [1.29, 1.82) is 0 Å². The van der Waals surface area contributed by atoms with E-state index in [2.05, 4.69) is 10.2 Å². The molecule has 0 bridgehead atoms. The van der Waals surface area contributed by atoms with Crippen molar-refractivity contribution in [3.05, 3.63) is 65.5 Å². The minimum absolute atomic E-state index is 0.0249. The zero-order chi connectivity index (χ0) is 19.1. The first kappa shape index (κ1) is 19.4. The van der Waals surface area contributed by atoms with E-state index in [-0.39, 0.29) is 17.6 Å². The molecule has 0 radical (unpaired) electrons. The number of halogens is 1. The lowest BCUT2D eigenvalue weighted by Gasteiger charge is -2.31. The van der Waals surface area contributed by atoms with Crippen molar-refractivity contribution in [2.45, 2.75) is 32.9 Å². The molecule has 2 aromatic carbocycles. The summed E-state index contributed by atoms with van der Waals surface area (Å²) in [7, 11) is 0. The van der Waals surface area contributed by atoms with E-state index in [4.69, 9.17) is 4.74 Å². The standard InChI is InChI=1S/C22H27FN2O2/c1-2-27-20-8-5-6-17(14-20)15-24-22(26)18-10-12-25(13-11-18)16-19-7-3-4-9-21(19)23/h3-9,14,18H,2,10-13,15-16H2,1H3,(H,24,26). The fourth-order valence-electron chi connectivity index (χ4n) is 3.47. The molecular weight excluding hydrogens is 343 g/mol. The lowest BCUT2D eigenvalue weighted by molar-refractivity contribution is -0.126.